The highest BCUT2D eigenvalue weighted by Crippen LogP contribution is 2.30. The molecular weight excluding hydrogens is 258 g/mol. The molecule has 1 atom stereocenters. The molecule has 21 heavy (non-hydrogen) atoms. The summed E-state index contributed by atoms with van der Waals surface area (Å²) in [5, 5.41) is 3.41. The molecule has 1 aliphatic rings. The first kappa shape index (κ1) is 14.2. The fourth-order valence-corrected chi connectivity index (χ4v) is 3.02. The number of nitrogens with zero attached hydrogens (tertiary/aromatic N) is 2. The first-order chi connectivity index (χ1) is 10.4. The molecule has 1 aliphatic carbocycles. The van der Waals surface area contributed by atoms with E-state index in [4.69, 9.17) is 4.98 Å². The van der Waals surface area contributed by atoms with E-state index in [9.17, 15) is 0 Å². The maximum atomic E-state index is 4.77. The number of rotatable bonds is 5. The largest absolute Gasteiger partial charge is 0.311 e. The second-order valence-electron chi connectivity index (χ2n) is 5.79. The van der Waals surface area contributed by atoms with Gasteiger partial charge in [-0.1, -0.05) is 31.2 Å². The van der Waals surface area contributed by atoms with Crippen molar-refractivity contribution in [3.05, 3.63) is 59.2 Å². The highest BCUT2D eigenvalue weighted by Gasteiger charge is 2.21. The third kappa shape index (κ3) is 3.48. The smallest absolute Gasteiger partial charge is 0.132 e. The van der Waals surface area contributed by atoms with Crippen molar-refractivity contribution >= 4 is 0 Å². The van der Waals surface area contributed by atoms with E-state index < -0.39 is 0 Å². The first-order valence-corrected chi connectivity index (χ1v) is 7.96. The number of benzene rings is 1. The summed E-state index contributed by atoms with van der Waals surface area (Å²) in [4.78, 5) is 9.29. The van der Waals surface area contributed by atoms with Gasteiger partial charge in [0.05, 0.1) is 5.69 Å². The van der Waals surface area contributed by atoms with E-state index in [-0.39, 0.29) is 0 Å². The van der Waals surface area contributed by atoms with Crippen LogP contribution in [0.1, 0.15) is 48.3 Å². The highest BCUT2D eigenvalue weighted by molar-refractivity contribution is 5.31. The Morgan fingerprint density at radius 3 is 2.90 bits per heavy atom. The van der Waals surface area contributed by atoms with Crippen molar-refractivity contribution in [2.75, 3.05) is 6.54 Å². The van der Waals surface area contributed by atoms with Crippen molar-refractivity contribution in [2.24, 2.45) is 0 Å². The monoisotopic (exact) mass is 281 g/mol. The van der Waals surface area contributed by atoms with E-state index >= 15 is 0 Å². The molecule has 1 N–H and O–H groups in total. The molecule has 0 fully saturated rings. The second-order valence-corrected chi connectivity index (χ2v) is 5.79. The molecule has 0 radical (unpaired) electrons. The minimum absolute atomic E-state index is 0.464. The van der Waals surface area contributed by atoms with Gasteiger partial charge in [0.2, 0.25) is 0 Å². The normalized spacial score (nSPS) is 17.5. The lowest BCUT2D eigenvalue weighted by Crippen LogP contribution is -2.18. The summed E-state index contributed by atoms with van der Waals surface area (Å²) in [6.45, 7) is 4.06. The van der Waals surface area contributed by atoms with Gasteiger partial charge < -0.3 is 5.32 Å². The lowest BCUT2D eigenvalue weighted by Gasteiger charge is -2.23. The molecule has 1 aromatic heterocycles. The zero-order chi connectivity index (χ0) is 14.5. The average molecular weight is 281 g/mol. The van der Waals surface area contributed by atoms with Gasteiger partial charge in [0.15, 0.2) is 0 Å². The second kappa shape index (κ2) is 6.81. The van der Waals surface area contributed by atoms with Crippen molar-refractivity contribution in [2.45, 2.75) is 45.1 Å². The maximum Gasteiger partial charge on any atom is 0.132 e. The number of nitrogens with one attached hydrogen (secondary N) is 1. The van der Waals surface area contributed by atoms with E-state index in [2.05, 4.69) is 41.5 Å². The SMILES string of the molecule is CCCNCc1ccnc(C2CCc3ccccc3C2)n1. The topological polar surface area (TPSA) is 37.8 Å². The molecule has 2 aromatic rings. The summed E-state index contributed by atoms with van der Waals surface area (Å²) < 4.78 is 0. The third-order valence-electron chi connectivity index (χ3n) is 4.18. The Bertz CT molecular complexity index is 595. The number of aryl methyl sites for hydroxylation is 1. The maximum absolute atomic E-state index is 4.77. The lowest BCUT2D eigenvalue weighted by molar-refractivity contribution is 0.549. The van der Waals surface area contributed by atoms with Gasteiger partial charge in [-0.25, -0.2) is 9.97 Å². The summed E-state index contributed by atoms with van der Waals surface area (Å²) in [5.41, 5.74) is 4.06. The Balaban J connectivity index is 1.71. The number of fused-ring (bicyclic) bond motifs is 1. The van der Waals surface area contributed by atoms with Crippen LogP contribution in [0.15, 0.2) is 36.5 Å². The predicted molar refractivity (Wildman–Crippen MR) is 85.2 cm³/mol. The predicted octanol–water partition coefficient (Wildman–Crippen LogP) is 3.25. The Labute approximate surface area is 126 Å². The van der Waals surface area contributed by atoms with Gasteiger partial charge in [0, 0.05) is 18.7 Å². The Morgan fingerprint density at radius 1 is 1.19 bits per heavy atom. The van der Waals surface area contributed by atoms with Crippen LogP contribution < -0.4 is 5.32 Å². The van der Waals surface area contributed by atoms with Crippen LogP contribution in [0.2, 0.25) is 0 Å². The summed E-state index contributed by atoms with van der Waals surface area (Å²) in [6.07, 6.45) is 6.43. The molecule has 3 rings (SSSR count). The first-order valence-electron chi connectivity index (χ1n) is 7.96. The van der Waals surface area contributed by atoms with Crippen LogP contribution in [0.4, 0.5) is 0 Å². The molecule has 1 aromatic carbocycles. The number of aromatic nitrogens is 2. The molecule has 0 spiro atoms. The lowest BCUT2D eigenvalue weighted by atomic mass is 9.83. The molecule has 1 unspecified atom stereocenters. The van der Waals surface area contributed by atoms with Gasteiger partial charge in [-0.2, -0.15) is 0 Å². The zero-order valence-electron chi connectivity index (χ0n) is 12.7. The van der Waals surface area contributed by atoms with E-state index in [0.717, 1.165) is 50.3 Å². The number of hydrogen-bond donors (Lipinski definition) is 1. The Morgan fingerprint density at radius 2 is 2.05 bits per heavy atom. The molecular formula is C18H23N3. The molecule has 3 heteroatoms. The van der Waals surface area contributed by atoms with Crippen molar-refractivity contribution in [1.82, 2.24) is 15.3 Å². The highest BCUT2D eigenvalue weighted by atomic mass is 14.9. The average Bonchev–Trinajstić information content (AvgIpc) is 2.55. The summed E-state index contributed by atoms with van der Waals surface area (Å²) in [6, 6.07) is 10.8. The fraction of sp³-hybridized carbons (Fsp3) is 0.444. The zero-order valence-corrected chi connectivity index (χ0v) is 12.7. The minimum atomic E-state index is 0.464. The summed E-state index contributed by atoms with van der Waals surface area (Å²) >= 11 is 0. The van der Waals surface area contributed by atoms with Gasteiger partial charge in [0.1, 0.15) is 5.82 Å². The third-order valence-corrected chi connectivity index (χ3v) is 4.18. The van der Waals surface area contributed by atoms with Crippen molar-refractivity contribution in [3.8, 4) is 0 Å². The van der Waals surface area contributed by atoms with Crippen molar-refractivity contribution in [1.29, 1.82) is 0 Å². The van der Waals surface area contributed by atoms with Crippen LogP contribution >= 0.6 is 0 Å². The van der Waals surface area contributed by atoms with Crippen LogP contribution in [0.25, 0.3) is 0 Å². The van der Waals surface area contributed by atoms with Gasteiger partial charge in [-0.05, 0) is 49.4 Å². The number of hydrogen-bond acceptors (Lipinski definition) is 3. The van der Waals surface area contributed by atoms with Crippen LogP contribution in [-0.4, -0.2) is 16.5 Å². The van der Waals surface area contributed by atoms with E-state index in [0.29, 0.717) is 5.92 Å². The Kier molecular flexibility index (Phi) is 4.61. The standard InChI is InChI=1S/C18H23N3/c1-2-10-19-13-17-9-11-20-18(21-17)16-8-7-14-5-3-4-6-15(14)12-16/h3-6,9,11,16,19H,2,7-8,10,12-13H2,1H3. The minimum Gasteiger partial charge on any atom is -0.311 e. The van der Waals surface area contributed by atoms with Gasteiger partial charge in [0.25, 0.3) is 0 Å². The Hall–Kier alpha value is -1.74. The molecule has 0 saturated carbocycles. The van der Waals surface area contributed by atoms with E-state index in [1.54, 1.807) is 0 Å². The van der Waals surface area contributed by atoms with Crippen LogP contribution in [0.3, 0.4) is 0 Å². The molecule has 0 aliphatic heterocycles. The van der Waals surface area contributed by atoms with Crippen molar-refractivity contribution in [3.63, 3.8) is 0 Å². The molecule has 0 amide bonds. The van der Waals surface area contributed by atoms with Gasteiger partial charge in [-0.15, -0.1) is 0 Å². The van der Waals surface area contributed by atoms with E-state index in [1.165, 1.54) is 11.1 Å². The van der Waals surface area contributed by atoms with Crippen LogP contribution in [-0.2, 0) is 19.4 Å². The molecule has 110 valence electrons. The fourth-order valence-electron chi connectivity index (χ4n) is 3.02. The molecule has 1 heterocycles. The molecule has 0 bridgehead atoms. The van der Waals surface area contributed by atoms with E-state index in [1.807, 2.05) is 12.3 Å². The summed E-state index contributed by atoms with van der Waals surface area (Å²) in [7, 11) is 0. The van der Waals surface area contributed by atoms with Crippen molar-refractivity contribution < 1.29 is 0 Å². The summed E-state index contributed by atoms with van der Waals surface area (Å²) in [5.74, 6) is 1.48. The van der Waals surface area contributed by atoms with Crippen LogP contribution in [0, 0.1) is 0 Å². The van der Waals surface area contributed by atoms with Gasteiger partial charge >= 0.3 is 0 Å². The quantitative estimate of drug-likeness (QED) is 0.855. The van der Waals surface area contributed by atoms with Crippen LogP contribution in [0.5, 0.6) is 0 Å². The van der Waals surface area contributed by atoms with Gasteiger partial charge in [-0.3, -0.25) is 0 Å². The molecule has 3 nitrogen and oxygen atoms in total. The molecule has 0 saturated heterocycles.